The van der Waals surface area contributed by atoms with Gasteiger partial charge in [0.15, 0.2) is 5.78 Å². The van der Waals surface area contributed by atoms with Crippen LogP contribution in [0.25, 0.3) is 0 Å². The third-order valence-electron chi connectivity index (χ3n) is 2.51. The predicted molar refractivity (Wildman–Crippen MR) is 67.6 cm³/mol. The van der Waals surface area contributed by atoms with Crippen LogP contribution in [0.4, 0.5) is 4.39 Å². The van der Waals surface area contributed by atoms with E-state index in [-0.39, 0.29) is 23.6 Å². The summed E-state index contributed by atoms with van der Waals surface area (Å²) in [5.74, 6) is -0.212. The molecule has 1 aromatic carbocycles. The summed E-state index contributed by atoms with van der Waals surface area (Å²) in [5.41, 5.74) is 1.65. The molecule has 0 unspecified atom stereocenters. The van der Waals surface area contributed by atoms with Crippen molar-refractivity contribution >= 4 is 5.78 Å². The zero-order chi connectivity index (χ0) is 13.1. The van der Waals surface area contributed by atoms with Gasteiger partial charge in [0.1, 0.15) is 5.82 Å². The molecular formula is C14H20FNO. The van der Waals surface area contributed by atoms with Gasteiger partial charge in [0.2, 0.25) is 0 Å². The second-order valence-electron chi connectivity index (χ2n) is 5.39. The van der Waals surface area contributed by atoms with Crippen molar-refractivity contribution < 1.29 is 9.18 Å². The summed E-state index contributed by atoms with van der Waals surface area (Å²) in [4.78, 5) is 11.7. The molecule has 0 aliphatic rings. The van der Waals surface area contributed by atoms with Crippen molar-refractivity contribution in [3.05, 3.63) is 35.1 Å². The summed E-state index contributed by atoms with van der Waals surface area (Å²) in [6, 6.07) is 4.55. The minimum absolute atomic E-state index is 0.0767. The predicted octanol–water partition coefficient (Wildman–Crippen LogP) is 2.63. The van der Waals surface area contributed by atoms with E-state index in [4.69, 9.17) is 0 Å². The van der Waals surface area contributed by atoms with Crippen molar-refractivity contribution in [3.8, 4) is 0 Å². The van der Waals surface area contributed by atoms with Crippen LogP contribution in [0.1, 0.15) is 31.9 Å². The fraction of sp³-hybridized carbons (Fsp3) is 0.500. The highest BCUT2D eigenvalue weighted by atomic mass is 19.1. The Balaban J connectivity index is 2.59. The number of aryl methyl sites for hydroxylation is 1. The molecule has 0 fully saturated rings. The maximum Gasteiger partial charge on any atom is 0.150 e. The second-order valence-corrected chi connectivity index (χ2v) is 5.39. The Morgan fingerprint density at radius 3 is 2.59 bits per heavy atom. The molecule has 3 heteroatoms. The lowest BCUT2D eigenvalue weighted by Crippen LogP contribution is -2.39. The van der Waals surface area contributed by atoms with Gasteiger partial charge in [-0.3, -0.25) is 4.79 Å². The van der Waals surface area contributed by atoms with Gasteiger partial charge >= 0.3 is 0 Å². The van der Waals surface area contributed by atoms with E-state index in [0.29, 0.717) is 6.54 Å². The number of carbonyl (C=O) groups is 1. The van der Waals surface area contributed by atoms with Gasteiger partial charge < -0.3 is 5.32 Å². The Labute approximate surface area is 102 Å². The van der Waals surface area contributed by atoms with Crippen LogP contribution in [0.3, 0.4) is 0 Å². The number of hydrogen-bond donors (Lipinski definition) is 1. The molecule has 0 amide bonds. The van der Waals surface area contributed by atoms with Gasteiger partial charge in [-0.15, -0.1) is 0 Å². The van der Waals surface area contributed by atoms with E-state index in [9.17, 15) is 9.18 Å². The fourth-order valence-electron chi connectivity index (χ4n) is 1.47. The normalized spacial score (nSPS) is 11.6. The lowest BCUT2D eigenvalue weighted by atomic mass is 10.0. The maximum absolute atomic E-state index is 13.0. The van der Waals surface area contributed by atoms with Gasteiger partial charge in [0.05, 0.1) is 6.54 Å². The molecule has 0 radical (unpaired) electrons. The van der Waals surface area contributed by atoms with Gasteiger partial charge in [0.25, 0.3) is 0 Å². The smallest absolute Gasteiger partial charge is 0.150 e. The monoisotopic (exact) mass is 237 g/mol. The number of benzene rings is 1. The molecule has 0 saturated carbocycles. The Morgan fingerprint density at radius 2 is 2.00 bits per heavy atom. The number of hydrogen-bond acceptors (Lipinski definition) is 2. The Kier molecular flexibility index (Phi) is 4.40. The fourth-order valence-corrected chi connectivity index (χ4v) is 1.47. The van der Waals surface area contributed by atoms with Crippen molar-refractivity contribution in [2.45, 2.75) is 39.7 Å². The largest absolute Gasteiger partial charge is 0.305 e. The quantitative estimate of drug-likeness (QED) is 0.872. The van der Waals surface area contributed by atoms with Gasteiger partial charge in [-0.1, -0.05) is 6.07 Å². The van der Waals surface area contributed by atoms with Crippen LogP contribution in [0.5, 0.6) is 0 Å². The molecule has 1 rings (SSSR count). The molecule has 0 atom stereocenters. The first-order chi connectivity index (χ1) is 7.78. The molecule has 0 aromatic heterocycles. The molecule has 0 heterocycles. The lowest BCUT2D eigenvalue weighted by Gasteiger charge is -2.19. The van der Waals surface area contributed by atoms with Gasteiger partial charge in [-0.25, -0.2) is 4.39 Å². The summed E-state index contributed by atoms with van der Waals surface area (Å²) in [6.07, 6.45) is 0.284. The summed E-state index contributed by atoms with van der Waals surface area (Å²) >= 11 is 0. The number of Topliss-reactive ketones (excluding diaryl/α,β-unsaturated/α-hetero) is 1. The number of halogens is 1. The molecular weight excluding hydrogens is 217 g/mol. The average Bonchev–Trinajstić information content (AvgIpc) is 2.20. The van der Waals surface area contributed by atoms with Crippen LogP contribution < -0.4 is 5.32 Å². The van der Waals surface area contributed by atoms with Crippen molar-refractivity contribution in [2.24, 2.45) is 0 Å². The summed E-state index contributed by atoms with van der Waals surface area (Å²) < 4.78 is 13.0. The summed E-state index contributed by atoms with van der Waals surface area (Å²) in [6.45, 7) is 8.23. The van der Waals surface area contributed by atoms with E-state index in [1.165, 1.54) is 12.1 Å². The SMILES string of the molecule is Cc1ccc(F)cc1CC(=O)CNC(C)(C)C. The zero-order valence-corrected chi connectivity index (χ0v) is 10.9. The van der Waals surface area contributed by atoms with Gasteiger partial charge in [-0.05, 0) is 51.0 Å². The van der Waals surface area contributed by atoms with E-state index < -0.39 is 0 Å². The molecule has 94 valence electrons. The summed E-state index contributed by atoms with van der Waals surface area (Å²) in [7, 11) is 0. The molecule has 0 aliphatic carbocycles. The number of rotatable bonds is 4. The minimum Gasteiger partial charge on any atom is -0.305 e. The zero-order valence-electron chi connectivity index (χ0n) is 10.9. The van der Waals surface area contributed by atoms with E-state index in [1.807, 2.05) is 27.7 Å². The maximum atomic E-state index is 13.0. The third-order valence-corrected chi connectivity index (χ3v) is 2.51. The molecule has 0 aliphatic heterocycles. The first kappa shape index (κ1) is 13.8. The highest BCUT2D eigenvalue weighted by Gasteiger charge is 2.12. The Bertz CT molecular complexity index is 407. The highest BCUT2D eigenvalue weighted by molar-refractivity contribution is 5.83. The van der Waals surface area contributed by atoms with Crippen molar-refractivity contribution in [1.82, 2.24) is 5.32 Å². The van der Waals surface area contributed by atoms with Gasteiger partial charge in [-0.2, -0.15) is 0 Å². The number of nitrogens with one attached hydrogen (secondary N) is 1. The minimum atomic E-state index is -0.290. The molecule has 0 bridgehead atoms. The number of ketones is 1. The molecule has 0 saturated heterocycles. The third kappa shape index (κ3) is 5.09. The molecule has 0 spiro atoms. The standard InChI is InChI=1S/C14H20FNO/c1-10-5-6-12(15)7-11(10)8-13(17)9-16-14(2,3)4/h5-7,16H,8-9H2,1-4H3. The van der Waals surface area contributed by atoms with Crippen LogP contribution in [0.2, 0.25) is 0 Å². The molecule has 1 N–H and O–H groups in total. The Hall–Kier alpha value is -1.22. The first-order valence-corrected chi connectivity index (χ1v) is 5.80. The van der Waals surface area contributed by atoms with E-state index in [1.54, 1.807) is 6.07 Å². The summed E-state index contributed by atoms with van der Waals surface area (Å²) in [5, 5.41) is 3.13. The van der Waals surface area contributed by atoms with Crippen molar-refractivity contribution in [2.75, 3.05) is 6.54 Å². The average molecular weight is 237 g/mol. The topological polar surface area (TPSA) is 29.1 Å². The first-order valence-electron chi connectivity index (χ1n) is 5.80. The second kappa shape index (κ2) is 5.41. The van der Waals surface area contributed by atoms with E-state index in [0.717, 1.165) is 11.1 Å². The number of carbonyl (C=O) groups excluding carboxylic acids is 1. The van der Waals surface area contributed by atoms with E-state index >= 15 is 0 Å². The van der Waals surface area contributed by atoms with Gasteiger partial charge in [0, 0.05) is 12.0 Å². The van der Waals surface area contributed by atoms with Crippen LogP contribution in [0, 0.1) is 12.7 Å². The van der Waals surface area contributed by atoms with Crippen LogP contribution in [-0.2, 0) is 11.2 Å². The lowest BCUT2D eigenvalue weighted by molar-refractivity contribution is -0.117. The molecule has 1 aromatic rings. The van der Waals surface area contributed by atoms with E-state index in [2.05, 4.69) is 5.32 Å². The van der Waals surface area contributed by atoms with Crippen LogP contribution in [-0.4, -0.2) is 17.9 Å². The van der Waals surface area contributed by atoms with Crippen LogP contribution >= 0.6 is 0 Å². The molecule has 2 nitrogen and oxygen atoms in total. The molecule has 17 heavy (non-hydrogen) atoms. The van der Waals surface area contributed by atoms with Crippen LogP contribution in [0.15, 0.2) is 18.2 Å². The Morgan fingerprint density at radius 1 is 1.35 bits per heavy atom. The highest BCUT2D eigenvalue weighted by Crippen LogP contribution is 2.11. The van der Waals surface area contributed by atoms with Crippen molar-refractivity contribution in [3.63, 3.8) is 0 Å². The van der Waals surface area contributed by atoms with Crippen molar-refractivity contribution in [1.29, 1.82) is 0 Å².